The van der Waals surface area contributed by atoms with Crippen molar-refractivity contribution in [3.05, 3.63) is 99.0 Å². The Labute approximate surface area is 329 Å². The number of likely N-dealkylation sites (tertiary alicyclic amines) is 1. The van der Waals surface area contributed by atoms with Crippen molar-refractivity contribution in [3.8, 4) is 17.2 Å². The lowest BCUT2D eigenvalue weighted by Crippen LogP contribution is -2.45. The van der Waals surface area contributed by atoms with E-state index in [1.807, 2.05) is 49.4 Å². The van der Waals surface area contributed by atoms with Crippen molar-refractivity contribution in [1.82, 2.24) is 20.2 Å². The number of rotatable bonds is 9. The van der Waals surface area contributed by atoms with Gasteiger partial charge in [-0.3, -0.25) is 4.79 Å². The first-order valence-electron chi connectivity index (χ1n) is 19.5. The number of halogens is 4. The molecule has 3 aliphatic heterocycles. The van der Waals surface area contributed by atoms with Gasteiger partial charge in [-0.25, -0.2) is 13.8 Å². The second kappa shape index (κ2) is 14.5. The van der Waals surface area contributed by atoms with Gasteiger partial charge in [0.25, 0.3) is 5.91 Å². The van der Waals surface area contributed by atoms with Gasteiger partial charge in [-0.15, -0.1) is 0 Å². The first-order chi connectivity index (χ1) is 26.6. The third-order valence-corrected chi connectivity index (χ3v) is 13.4. The molecule has 5 aromatic rings. The van der Waals surface area contributed by atoms with Crippen LogP contribution in [0, 0.1) is 29.0 Å². The Balaban J connectivity index is 0.000000597. The number of hydrogen-bond acceptors (Lipinski definition) is 5. The first-order valence-corrected chi connectivity index (χ1v) is 20.3. The number of H-pyrrole nitrogens is 1. The number of ether oxygens (including phenoxy) is 1. The van der Waals surface area contributed by atoms with Crippen molar-refractivity contribution in [2.75, 3.05) is 6.54 Å². The number of aromatic nitrogens is 2. The molecule has 1 amide bonds. The Hall–Kier alpha value is -4.07. The first kappa shape index (κ1) is 36.6. The molecule has 4 bridgehead atoms. The van der Waals surface area contributed by atoms with Gasteiger partial charge in [-0.1, -0.05) is 65.7 Å². The maximum atomic E-state index is 17.1. The fourth-order valence-corrected chi connectivity index (χ4v) is 9.82. The Morgan fingerprint density at radius 1 is 1.09 bits per heavy atom. The normalized spacial score (nSPS) is 24.7. The van der Waals surface area contributed by atoms with Crippen molar-refractivity contribution in [1.29, 1.82) is 5.26 Å². The minimum Gasteiger partial charge on any atom is -0.368 e. The predicted molar refractivity (Wildman–Crippen MR) is 211 cm³/mol. The second-order valence-corrected chi connectivity index (χ2v) is 16.9. The number of fused-ring (bicyclic) bond motifs is 6. The highest BCUT2D eigenvalue weighted by molar-refractivity contribution is 6.43. The number of aryl methyl sites for hydroxylation is 1. The van der Waals surface area contributed by atoms with Gasteiger partial charge >= 0.3 is 0 Å². The number of hydrogen-bond donors (Lipinski definition) is 2. The van der Waals surface area contributed by atoms with Crippen LogP contribution >= 0.6 is 23.2 Å². The number of nitriles is 1. The number of nitrogens with zero attached hydrogens (tertiary/aromatic N) is 3. The molecule has 3 aliphatic carbocycles. The summed E-state index contributed by atoms with van der Waals surface area (Å²) in [6, 6.07) is 21.5. The largest absolute Gasteiger partial charge is 0.368 e. The quantitative estimate of drug-likeness (QED) is 0.155. The van der Waals surface area contributed by atoms with E-state index >= 15 is 8.78 Å². The van der Waals surface area contributed by atoms with Gasteiger partial charge in [-0.2, -0.15) is 5.26 Å². The van der Waals surface area contributed by atoms with Crippen LogP contribution in [0.15, 0.2) is 60.7 Å². The molecular weight excluding hydrogens is 739 g/mol. The molecule has 2 N–H and O–H groups in total. The smallest absolute Gasteiger partial charge is 0.261 e. The third-order valence-electron chi connectivity index (χ3n) is 12.5. The highest BCUT2D eigenvalue weighted by atomic mass is 35.5. The van der Waals surface area contributed by atoms with Crippen LogP contribution in [-0.4, -0.2) is 45.1 Å². The molecule has 7 nitrogen and oxygen atoms in total. The van der Waals surface area contributed by atoms with Crippen LogP contribution in [0.4, 0.5) is 8.78 Å². The van der Waals surface area contributed by atoms with Crippen LogP contribution in [0.1, 0.15) is 93.0 Å². The van der Waals surface area contributed by atoms with Gasteiger partial charge < -0.3 is 19.9 Å². The van der Waals surface area contributed by atoms with E-state index in [4.69, 9.17) is 32.9 Å². The average Bonchev–Trinajstić information content (AvgIpc) is 3.83. The molecular formula is C44H43Cl2F2N5O2. The zero-order valence-corrected chi connectivity index (χ0v) is 32.2. The summed E-state index contributed by atoms with van der Waals surface area (Å²) in [6.07, 6.45) is 6.03. The van der Waals surface area contributed by atoms with Crippen LogP contribution in [0.3, 0.4) is 0 Å². The van der Waals surface area contributed by atoms with Crippen molar-refractivity contribution in [2.24, 2.45) is 11.8 Å². The molecule has 5 heterocycles. The van der Waals surface area contributed by atoms with E-state index in [0.29, 0.717) is 34.3 Å². The Kier molecular flexibility index (Phi) is 9.61. The Morgan fingerprint density at radius 2 is 1.89 bits per heavy atom. The molecule has 11 rings (SSSR count). The van der Waals surface area contributed by atoms with Crippen molar-refractivity contribution in [3.63, 3.8) is 0 Å². The summed E-state index contributed by atoms with van der Waals surface area (Å²) in [5, 5.41) is 14.7. The summed E-state index contributed by atoms with van der Waals surface area (Å²) in [5.74, 6) is 0.279. The molecule has 0 radical (unpaired) electrons. The molecule has 2 aromatic heterocycles. The number of amides is 1. The lowest BCUT2D eigenvalue weighted by molar-refractivity contribution is -0.143. The maximum absolute atomic E-state index is 17.1. The zero-order chi connectivity index (χ0) is 38.0. The molecule has 11 heteroatoms. The van der Waals surface area contributed by atoms with E-state index in [0.717, 1.165) is 47.9 Å². The van der Waals surface area contributed by atoms with E-state index in [1.165, 1.54) is 19.4 Å². The lowest BCUT2D eigenvalue weighted by Gasteiger charge is -2.36. The lowest BCUT2D eigenvalue weighted by atomic mass is 9.87. The fraction of sp³-hybridized carbons (Fsp3) is 0.432. The molecule has 6 fully saturated rings. The minimum absolute atomic E-state index is 0.00429. The van der Waals surface area contributed by atoms with E-state index in [2.05, 4.69) is 16.4 Å². The minimum atomic E-state index is -1.77. The number of carbonyl (C=O) groups excluding carboxylic acids is 1. The highest BCUT2D eigenvalue weighted by Gasteiger charge is 2.59. The van der Waals surface area contributed by atoms with Crippen molar-refractivity contribution >= 4 is 50.9 Å². The van der Waals surface area contributed by atoms with E-state index in [9.17, 15) is 10.1 Å². The van der Waals surface area contributed by atoms with Crippen molar-refractivity contribution < 1.29 is 18.3 Å². The maximum Gasteiger partial charge on any atom is 0.261 e. The van der Waals surface area contributed by atoms with Crippen LogP contribution in [0.2, 0.25) is 10.0 Å². The van der Waals surface area contributed by atoms with Gasteiger partial charge in [0.05, 0.1) is 46.1 Å². The number of aromatic amines is 1. The molecule has 4 unspecified atom stereocenters. The van der Waals surface area contributed by atoms with Gasteiger partial charge in [0.1, 0.15) is 5.52 Å². The van der Waals surface area contributed by atoms with Crippen LogP contribution < -0.4 is 5.32 Å². The SMILES string of the molecule is C1NC2CC1C2.CC(OCc1ccccc1)c1nc2c(F)c(-c3cccc(Cl)c3Cl)c(CCC#N)cc2c2[nH]c(C3C4CCC(C4)N3C(=O)C3(F)CC3)cc12. The monoisotopic (exact) mass is 781 g/mol. The Morgan fingerprint density at radius 3 is 2.58 bits per heavy atom. The number of pyridine rings is 1. The summed E-state index contributed by atoms with van der Waals surface area (Å²) in [6.45, 7) is 3.53. The molecule has 6 aliphatic rings. The summed E-state index contributed by atoms with van der Waals surface area (Å²) in [4.78, 5) is 23.9. The second-order valence-electron chi connectivity index (χ2n) is 16.1. The standard InChI is InChI=1S/C39H34Cl2F2N4O2.C5H9N/c1-21(49-20-22-7-3-2-4-8-22)34-28-19-30(37-24-12-13-25(17-24)47(37)38(48)39(43)14-15-39)45-35(28)27-18-23(9-6-16-44)31(33(42)36(27)46-34)26-10-5-11-29(40)32(26)41;1-4-2-5(1)6-3-4/h2-5,7-8,10-11,18-19,21,24-25,37,45H,6,9,12-15,17,20H2,1H3;4-6H,1-3H2. The summed E-state index contributed by atoms with van der Waals surface area (Å²) in [5.41, 5.74) is 2.59. The third kappa shape index (κ3) is 6.59. The molecule has 55 heavy (non-hydrogen) atoms. The molecule has 0 spiro atoms. The zero-order valence-electron chi connectivity index (χ0n) is 30.7. The average molecular weight is 783 g/mol. The number of piperidine rings is 1. The van der Waals surface area contributed by atoms with E-state index < -0.39 is 23.5 Å². The van der Waals surface area contributed by atoms with E-state index in [1.54, 1.807) is 23.1 Å². The molecule has 3 aromatic carbocycles. The van der Waals surface area contributed by atoms with Gasteiger partial charge in [-0.05, 0) is 106 Å². The van der Waals surface area contributed by atoms with Gasteiger partial charge in [0.15, 0.2) is 11.5 Å². The van der Waals surface area contributed by atoms with E-state index in [-0.39, 0.29) is 64.8 Å². The molecule has 4 atom stereocenters. The Bertz CT molecular complexity index is 2320. The number of nitrogens with one attached hydrogen (secondary N) is 2. The van der Waals surface area contributed by atoms with Gasteiger partial charge in [0, 0.05) is 46.1 Å². The topological polar surface area (TPSA) is 94.0 Å². The highest BCUT2D eigenvalue weighted by Crippen LogP contribution is 2.54. The molecule has 3 saturated heterocycles. The van der Waals surface area contributed by atoms with Crippen LogP contribution in [-0.2, 0) is 22.6 Å². The predicted octanol–water partition coefficient (Wildman–Crippen LogP) is 10.5. The van der Waals surface area contributed by atoms with Gasteiger partial charge in [0.2, 0.25) is 0 Å². The molecule has 3 saturated carbocycles. The van der Waals surface area contributed by atoms with Crippen molar-refractivity contribution in [2.45, 2.75) is 101 Å². The number of carbonyl (C=O) groups is 1. The fourth-order valence-electron chi connectivity index (χ4n) is 9.42. The van der Waals surface area contributed by atoms with Crippen LogP contribution in [0.25, 0.3) is 32.9 Å². The number of alkyl halides is 1. The molecule has 284 valence electrons. The summed E-state index contributed by atoms with van der Waals surface area (Å²) >= 11 is 13.0. The van der Waals surface area contributed by atoms with Crippen LogP contribution in [0.5, 0.6) is 0 Å². The summed E-state index contributed by atoms with van der Waals surface area (Å²) in [7, 11) is 0. The summed E-state index contributed by atoms with van der Waals surface area (Å²) < 4.78 is 38.7. The number of benzene rings is 3.